The van der Waals surface area contributed by atoms with Gasteiger partial charge in [0.05, 0.1) is 16.6 Å². The topological polar surface area (TPSA) is 67.8 Å². The van der Waals surface area contributed by atoms with Crippen molar-refractivity contribution in [2.45, 2.75) is 19.4 Å². The van der Waals surface area contributed by atoms with Gasteiger partial charge >= 0.3 is 0 Å². The van der Waals surface area contributed by atoms with Gasteiger partial charge in [0.25, 0.3) is 0 Å². The number of benzene rings is 1. The van der Waals surface area contributed by atoms with Crippen LogP contribution in [0.3, 0.4) is 0 Å². The zero-order valence-electron chi connectivity index (χ0n) is 11.3. The van der Waals surface area contributed by atoms with Crippen LogP contribution < -0.4 is 4.74 Å². The molecule has 0 radical (unpaired) electrons. The third-order valence-electron chi connectivity index (χ3n) is 3.71. The molecule has 3 rings (SSSR count). The Kier molecular flexibility index (Phi) is 3.47. The Bertz CT molecular complexity index is 727. The Hall–Kier alpha value is -1.84. The van der Waals surface area contributed by atoms with Crippen LogP contribution in [0.1, 0.15) is 18.9 Å². The number of aromatic amines is 2. The second kappa shape index (κ2) is 5.27. The molecule has 0 aliphatic carbocycles. The standard InChI is InChI=1S/C14H16N4OS/c1-2-18-4-3-10(8-18)19-13-6-12-11(5-9(13)7-15)16-14(20)17-12/h5-6,10H,2-4,8H2,1H3,(H2,16,17,20). The summed E-state index contributed by atoms with van der Waals surface area (Å²) in [5.41, 5.74) is 2.24. The van der Waals surface area contributed by atoms with E-state index in [4.69, 9.17) is 17.0 Å². The summed E-state index contributed by atoms with van der Waals surface area (Å²) < 4.78 is 6.57. The molecule has 1 aromatic heterocycles. The zero-order chi connectivity index (χ0) is 14.1. The molecule has 1 aromatic carbocycles. The second-order valence-electron chi connectivity index (χ2n) is 5.01. The molecule has 1 saturated heterocycles. The molecule has 104 valence electrons. The molecular weight excluding hydrogens is 272 g/mol. The average Bonchev–Trinajstić information content (AvgIpc) is 3.02. The van der Waals surface area contributed by atoms with E-state index < -0.39 is 0 Å². The van der Waals surface area contributed by atoms with Crippen LogP contribution in [0.5, 0.6) is 5.75 Å². The molecule has 2 N–H and O–H groups in total. The van der Waals surface area contributed by atoms with Crippen molar-refractivity contribution in [1.29, 1.82) is 5.26 Å². The minimum atomic E-state index is 0.154. The van der Waals surface area contributed by atoms with Gasteiger partial charge in [-0.15, -0.1) is 0 Å². The quantitative estimate of drug-likeness (QED) is 0.852. The van der Waals surface area contributed by atoms with Crippen molar-refractivity contribution in [2.75, 3.05) is 19.6 Å². The van der Waals surface area contributed by atoms with Crippen molar-refractivity contribution in [1.82, 2.24) is 14.9 Å². The summed E-state index contributed by atoms with van der Waals surface area (Å²) in [5, 5.41) is 9.27. The molecule has 1 aliphatic rings. The highest BCUT2D eigenvalue weighted by Crippen LogP contribution is 2.26. The fourth-order valence-electron chi connectivity index (χ4n) is 2.61. The molecule has 0 amide bonds. The summed E-state index contributed by atoms with van der Waals surface area (Å²) in [7, 11) is 0. The predicted molar refractivity (Wildman–Crippen MR) is 79.3 cm³/mol. The van der Waals surface area contributed by atoms with Crippen molar-refractivity contribution in [2.24, 2.45) is 0 Å². The Morgan fingerprint density at radius 1 is 1.45 bits per heavy atom. The van der Waals surface area contributed by atoms with Gasteiger partial charge < -0.3 is 14.7 Å². The number of nitrogens with zero attached hydrogens (tertiary/aromatic N) is 2. The number of aromatic nitrogens is 2. The number of rotatable bonds is 3. The lowest BCUT2D eigenvalue weighted by atomic mass is 10.2. The number of ether oxygens (including phenoxy) is 1. The molecule has 0 saturated carbocycles. The van der Waals surface area contributed by atoms with Gasteiger partial charge in [0.2, 0.25) is 0 Å². The van der Waals surface area contributed by atoms with Crippen LogP contribution in [0.25, 0.3) is 11.0 Å². The summed E-state index contributed by atoms with van der Waals surface area (Å²) in [4.78, 5) is 8.42. The van der Waals surface area contributed by atoms with Crippen molar-refractivity contribution in [3.05, 3.63) is 22.5 Å². The molecule has 1 atom stereocenters. The van der Waals surface area contributed by atoms with E-state index in [9.17, 15) is 5.26 Å². The first-order valence-electron chi connectivity index (χ1n) is 6.74. The molecule has 1 fully saturated rings. The maximum Gasteiger partial charge on any atom is 0.175 e. The normalized spacial score (nSPS) is 19.3. The minimum Gasteiger partial charge on any atom is -0.488 e. The Balaban J connectivity index is 1.90. The van der Waals surface area contributed by atoms with Crippen LogP contribution in [0.15, 0.2) is 12.1 Å². The number of nitriles is 1. The molecule has 2 heterocycles. The van der Waals surface area contributed by atoms with Crippen LogP contribution in [0.2, 0.25) is 0 Å². The number of hydrogen-bond acceptors (Lipinski definition) is 4. The highest BCUT2D eigenvalue weighted by Gasteiger charge is 2.23. The number of likely N-dealkylation sites (N-methyl/N-ethyl adjacent to an activating group) is 1. The molecule has 1 aliphatic heterocycles. The SMILES string of the molecule is CCN1CCC(Oc2cc3[nH]c(=S)[nH]c3cc2C#N)C1. The van der Waals surface area contributed by atoms with Gasteiger partial charge in [-0.25, -0.2) is 0 Å². The van der Waals surface area contributed by atoms with E-state index in [2.05, 4.69) is 27.9 Å². The number of fused-ring (bicyclic) bond motifs is 1. The fraction of sp³-hybridized carbons (Fsp3) is 0.429. The van der Waals surface area contributed by atoms with Crippen molar-refractivity contribution >= 4 is 23.3 Å². The Morgan fingerprint density at radius 3 is 2.85 bits per heavy atom. The molecule has 20 heavy (non-hydrogen) atoms. The molecule has 1 unspecified atom stereocenters. The van der Waals surface area contributed by atoms with Gasteiger partial charge in [-0.3, -0.25) is 4.90 Å². The van der Waals surface area contributed by atoms with Crippen molar-refractivity contribution in [3.8, 4) is 11.8 Å². The zero-order valence-corrected chi connectivity index (χ0v) is 12.1. The number of imidazole rings is 1. The van der Waals surface area contributed by atoms with E-state index in [0.717, 1.165) is 37.1 Å². The maximum absolute atomic E-state index is 9.27. The van der Waals surface area contributed by atoms with Gasteiger partial charge in [-0.1, -0.05) is 6.92 Å². The third kappa shape index (κ3) is 2.42. The maximum atomic E-state index is 9.27. The molecule has 5 nitrogen and oxygen atoms in total. The van der Waals surface area contributed by atoms with Gasteiger partial charge in [-0.2, -0.15) is 5.26 Å². The molecule has 0 spiro atoms. The van der Waals surface area contributed by atoms with E-state index in [-0.39, 0.29) is 6.10 Å². The predicted octanol–water partition coefficient (Wildman–Crippen LogP) is 2.57. The smallest absolute Gasteiger partial charge is 0.175 e. The van der Waals surface area contributed by atoms with Gasteiger partial charge in [0.15, 0.2) is 4.77 Å². The van der Waals surface area contributed by atoms with Crippen molar-refractivity contribution in [3.63, 3.8) is 0 Å². The van der Waals surface area contributed by atoms with E-state index in [0.29, 0.717) is 16.1 Å². The summed E-state index contributed by atoms with van der Waals surface area (Å²) >= 11 is 5.07. The molecule has 6 heteroatoms. The summed E-state index contributed by atoms with van der Waals surface area (Å²) in [6, 6.07) is 5.83. The molecular formula is C14H16N4OS. The van der Waals surface area contributed by atoms with Gasteiger partial charge in [0, 0.05) is 19.2 Å². The van der Waals surface area contributed by atoms with Crippen LogP contribution in [-0.2, 0) is 0 Å². The summed E-state index contributed by atoms with van der Waals surface area (Å²) in [6.45, 7) is 5.16. The molecule has 0 bridgehead atoms. The number of likely N-dealkylation sites (tertiary alicyclic amines) is 1. The van der Waals surface area contributed by atoms with Crippen LogP contribution in [0.4, 0.5) is 0 Å². The first-order valence-corrected chi connectivity index (χ1v) is 7.15. The van der Waals surface area contributed by atoms with Crippen LogP contribution >= 0.6 is 12.2 Å². The van der Waals surface area contributed by atoms with E-state index in [1.807, 2.05) is 6.07 Å². The fourth-order valence-corrected chi connectivity index (χ4v) is 2.83. The largest absolute Gasteiger partial charge is 0.488 e. The summed E-state index contributed by atoms with van der Waals surface area (Å²) in [6.07, 6.45) is 1.15. The lowest BCUT2D eigenvalue weighted by Gasteiger charge is -2.16. The minimum absolute atomic E-state index is 0.154. The van der Waals surface area contributed by atoms with Crippen molar-refractivity contribution < 1.29 is 4.74 Å². The first kappa shape index (κ1) is 13.2. The Labute approximate surface area is 122 Å². The van der Waals surface area contributed by atoms with E-state index in [1.54, 1.807) is 6.07 Å². The lowest BCUT2D eigenvalue weighted by molar-refractivity contribution is 0.202. The third-order valence-corrected chi connectivity index (χ3v) is 3.91. The average molecular weight is 288 g/mol. The second-order valence-corrected chi connectivity index (χ2v) is 5.41. The Morgan fingerprint density at radius 2 is 2.20 bits per heavy atom. The monoisotopic (exact) mass is 288 g/mol. The lowest BCUT2D eigenvalue weighted by Crippen LogP contribution is -2.24. The summed E-state index contributed by atoms with van der Waals surface area (Å²) in [5.74, 6) is 0.633. The van der Waals surface area contributed by atoms with Crippen LogP contribution in [0, 0.1) is 16.1 Å². The van der Waals surface area contributed by atoms with Gasteiger partial charge in [0.1, 0.15) is 17.9 Å². The first-order chi connectivity index (χ1) is 9.69. The number of H-pyrrole nitrogens is 2. The number of hydrogen-bond donors (Lipinski definition) is 2. The van der Waals surface area contributed by atoms with E-state index >= 15 is 0 Å². The van der Waals surface area contributed by atoms with Crippen LogP contribution in [-0.4, -0.2) is 40.6 Å². The highest BCUT2D eigenvalue weighted by molar-refractivity contribution is 7.71. The van der Waals surface area contributed by atoms with E-state index in [1.165, 1.54) is 0 Å². The van der Waals surface area contributed by atoms with Gasteiger partial charge in [-0.05, 0) is 31.2 Å². The highest BCUT2D eigenvalue weighted by atomic mass is 32.1. The number of nitrogens with one attached hydrogen (secondary N) is 2. The molecule has 2 aromatic rings.